The molecule has 130 valence electrons. The summed E-state index contributed by atoms with van der Waals surface area (Å²) in [7, 11) is 0. The standard InChI is InChI=1S/C20H22FN3O/c1-14-17(18-4-2-3-5-19(18)24-14)11-13-23-20(25)22-12-10-15-6-8-16(21)9-7-15/h2-9,24H,10-13H2,1H3,(H2,22,23,25). The molecule has 3 aromatic rings. The third kappa shape index (κ3) is 4.38. The number of fused-ring (bicyclic) bond motifs is 1. The number of carbonyl (C=O) groups excluding carboxylic acids is 1. The maximum Gasteiger partial charge on any atom is 0.314 e. The van der Waals surface area contributed by atoms with Crippen molar-refractivity contribution < 1.29 is 9.18 Å². The molecule has 4 nitrogen and oxygen atoms in total. The number of H-pyrrole nitrogens is 1. The number of hydrogen-bond acceptors (Lipinski definition) is 1. The Morgan fingerprint density at radius 1 is 1.00 bits per heavy atom. The van der Waals surface area contributed by atoms with Gasteiger partial charge in [-0.15, -0.1) is 0 Å². The number of para-hydroxylation sites is 1. The molecule has 0 aliphatic rings. The molecule has 0 radical (unpaired) electrons. The summed E-state index contributed by atoms with van der Waals surface area (Å²) in [6.45, 7) is 3.15. The van der Waals surface area contributed by atoms with Gasteiger partial charge in [-0.1, -0.05) is 30.3 Å². The van der Waals surface area contributed by atoms with E-state index in [1.807, 2.05) is 12.1 Å². The first-order valence-electron chi connectivity index (χ1n) is 8.46. The Balaban J connectivity index is 1.43. The van der Waals surface area contributed by atoms with Crippen LogP contribution in [0.4, 0.5) is 9.18 Å². The highest BCUT2D eigenvalue weighted by atomic mass is 19.1. The van der Waals surface area contributed by atoms with Crippen molar-refractivity contribution in [3.63, 3.8) is 0 Å². The summed E-state index contributed by atoms with van der Waals surface area (Å²) in [5.41, 5.74) is 4.50. The lowest BCUT2D eigenvalue weighted by molar-refractivity contribution is 0.241. The van der Waals surface area contributed by atoms with Crippen LogP contribution in [0.1, 0.15) is 16.8 Å². The van der Waals surface area contributed by atoms with Gasteiger partial charge in [0.25, 0.3) is 0 Å². The molecule has 0 bridgehead atoms. The molecule has 0 saturated heterocycles. The van der Waals surface area contributed by atoms with Gasteiger partial charge in [-0.2, -0.15) is 0 Å². The molecule has 0 unspecified atom stereocenters. The van der Waals surface area contributed by atoms with Crippen molar-refractivity contribution in [3.05, 3.63) is 71.2 Å². The molecule has 0 aliphatic carbocycles. The maximum absolute atomic E-state index is 12.8. The minimum atomic E-state index is -0.248. The molecule has 1 aromatic heterocycles. The van der Waals surface area contributed by atoms with Crippen LogP contribution in [0.3, 0.4) is 0 Å². The van der Waals surface area contributed by atoms with Crippen LogP contribution in [0.5, 0.6) is 0 Å². The highest BCUT2D eigenvalue weighted by Crippen LogP contribution is 2.21. The Bertz CT molecular complexity index is 855. The first-order chi connectivity index (χ1) is 12.1. The molecular formula is C20H22FN3O. The Morgan fingerprint density at radius 2 is 1.68 bits per heavy atom. The predicted molar refractivity (Wildman–Crippen MR) is 98.2 cm³/mol. The molecule has 2 aromatic carbocycles. The first-order valence-corrected chi connectivity index (χ1v) is 8.46. The zero-order valence-electron chi connectivity index (χ0n) is 14.2. The van der Waals surface area contributed by atoms with Crippen molar-refractivity contribution in [2.45, 2.75) is 19.8 Å². The third-order valence-electron chi connectivity index (χ3n) is 4.30. The lowest BCUT2D eigenvalue weighted by atomic mass is 10.1. The average Bonchev–Trinajstić information content (AvgIpc) is 2.92. The van der Waals surface area contributed by atoms with Crippen molar-refractivity contribution in [1.82, 2.24) is 15.6 Å². The Kier molecular flexibility index (Phi) is 5.33. The molecular weight excluding hydrogens is 317 g/mol. The van der Waals surface area contributed by atoms with Gasteiger partial charge in [-0.3, -0.25) is 0 Å². The van der Waals surface area contributed by atoms with Crippen LogP contribution in [-0.2, 0) is 12.8 Å². The number of aromatic nitrogens is 1. The normalized spacial score (nSPS) is 10.8. The second-order valence-corrected chi connectivity index (χ2v) is 6.08. The van der Waals surface area contributed by atoms with Gasteiger partial charge in [0.2, 0.25) is 0 Å². The van der Waals surface area contributed by atoms with Crippen LogP contribution in [0, 0.1) is 12.7 Å². The minimum absolute atomic E-state index is 0.181. The quantitative estimate of drug-likeness (QED) is 0.630. The fraction of sp³-hybridized carbons (Fsp3) is 0.250. The van der Waals surface area contributed by atoms with Crippen molar-refractivity contribution >= 4 is 16.9 Å². The fourth-order valence-electron chi connectivity index (χ4n) is 2.99. The fourth-order valence-corrected chi connectivity index (χ4v) is 2.99. The van der Waals surface area contributed by atoms with Crippen LogP contribution < -0.4 is 10.6 Å². The van der Waals surface area contributed by atoms with Gasteiger partial charge in [0.05, 0.1) is 0 Å². The number of aromatic amines is 1. The summed E-state index contributed by atoms with van der Waals surface area (Å²) in [6.07, 6.45) is 1.45. The van der Waals surface area contributed by atoms with Gasteiger partial charge < -0.3 is 15.6 Å². The van der Waals surface area contributed by atoms with E-state index >= 15 is 0 Å². The second kappa shape index (κ2) is 7.83. The first kappa shape index (κ1) is 17.0. The van der Waals surface area contributed by atoms with Crippen molar-refractivity contribution in [3.8, 4) is 0 Å². The lowest BCUT2D eigenvalue weighted by Gasteiger charge is -2.08. The summed E-state index contributed by atoms with van der Waals surface area (Å²) in [5, 5.41) is 6.92. The largest absolute Gasteiger partial charge is 0.358 e. The number of hydrogen-bond donors (Lipinski definition) is 3. The van der Waals surface area contributed by atoms with Gasteiger partial charge in [0.1, 0.15) is 5.82 Å². The molecule has 5 heteroatoms. The van der Waals surface area contributed by atoms with Gasteiger partial charge in [0, 0.05) is 29.7 Å². The van der Waals surface area contributed by atoms with Crippen LogP contribution in [0.25, 0.3) is 10.9 Å². The van der Waals surface area contributed by atoms with Crippen molar-refractivity contribution in [2.75, 3.05) is 13.1 Å². The van der Waals surface area contributed by atoms with Gasteiger partial charge >= 0.3 is 6.03 Å². The summed E-state index contributed by atoms with van der Waals surface area (Å²) in [5.74, 6) is -0.248. The number of benzene rings is 2. The van der Waals surface area contributed by atoms with E-state index in [9.17, 15) is 9.18 Å². The van der Waals surface area contributed by atoms with Gasteiger partial charge in [-0.05, 0) is 49.1 Å². The monoisotopic (exact) mass is 339 g/mol. The van der Waals surface area contributed by atoms with E-state index in [0.29, 0.717) is 19.5 Å². The molecule has 2 amide bonds. The zero-order valence-corrected chi connectivity index (χ0v) is 14.2. The minimum Gasteiger partial charge on any atom is -0.358 e. The molecule has 3 N–H and O–H groups in total. The van der Waals surface area contributed by atoms with Gasteiger partial charge in [-0.25, -0.2) is 9.18 Å². The predicted octanol–water partition coefficient (Wildman–Crippen LogP) is 3.70. The number of rotatable bonds is 6. The van der Waals surface area contributed by atoms with E-state index < -0.39 is 0 Å². The van der Waals surface area contributed by atoms with Crippen LogP contribution in [0.15, 0.2) is 48.5 Å². The Hall–Kier alpha value is -2.82. The highest BCUT2D eigenvalue weighted by Gasteiger charge is 2.08. The van der Waals surface area contributed by atoms with Crippen molar-refractivity contribution in [2.24, 2.45) is 0 Å². The van der Waals surface area contributed by atoms with E-state index in [1.165, 1.54) is 23.1 Å². The number of amides is 2. The van der Waals surface area contributed by atoms with Crippen LogP contribution >= 0.6 is 0 Å². The number of aryl methyl sites for hydroxylation is 1. The number of halogens is 1. The van der Waals surface area contributed by atoms with E-state index in [0.717, 1.165) is 23.2 Å². The molecule has 3 rings (SSSR count). The van der Waals surface area contributed by atoms with E-state index in [4.69, 9.17) is 0 Å². The smallest absolute Gasteiger partial charge is 0.314 e. The molecule has 0 saturated carbocycles. The summed E-state index contributed by atoms with van der Waals surface area (Å²) in [4.78, 5) is 15.2. The molecule has 0 aliphatic heterocycles. The Morgan fingerprint density at radius 3 is 2.44 bits per heavy atom. The van der Waals surface area contributed by atoms with Crippen LogP contribution in [-0.4, -0.2) is 24.1 Å². The molecule has 1 heterocycles. The topological polar surface area (TPSA) is 56.9 Å². The third-order valence-corrected chi connectivity index (χ3v) is 4.30. The maximum atomic E-state index is 12.8. The van der Waals surface area contributed by atoms with Gasteiger partial charge in [0.15, 0.2) is 0 Å². The zero-order chi connectivity index (χ0) is 17.6. The van der Waals surface area contributed by atoms with E-state index in [2.05, 4.69) is 34.7 Å². The van der Waals surface area contributed by atoms with E-state index in [-0.39, 0.29) is 11.8 Å². The number of urea groups is 1. The van der Waals surface area contributed by atoms with Crippen LogP contribution in [0.2, 0.25) is 0 Å². The number of carbonyl (C=O) groups is 1. The summed E-state index contributed by atoms with van der Waals surface area (Å²) >= 11 is 0. The molecule has 0 atom stereocenters. The average molecular weight is 339 g/mol. The number of nitrogens with one attached hydrogen (secondary N) is 3. The van der Waals surface area contributed by atoms with E-state index in [1.54, 1.807) is 12.1 Å². The summed E-state index contributed by atoms with van der Waals surface area (Å²) in [6, 6.07) is 14.3. The van der Waals surface area contributed by atoms with Crippen molar-refractivity contribution in [1.29, 1.82) is 0 Å². The highest BCUT2D eigenvalue weighted by molar-refractivity contribution is 5.84. The second-order valence-electron chi connectivity index (χ2n) is 6.08. The summed E-state index contributed by atoms with van der Waals surface area (Å²) < 4.78 is 12.8. The lowest BCUT2D eigenvalue weighted by Crippen LogP contribution is -2.37. The molecule has 0 fully saturated rings. The molecule has 25 heavy (non-hydrogen) atoms. The Labute approximate surface area is 146 Å². The SMILES string of the molecule is Cc1[nH]c2ccccc2c1CCNC(=O)NCCc1ccc(F)cc1. The molecule has 0 spiro atoms.